The van der Waals surface area contributed by atoms with Crippen LogP contribution >= 0.6 is 0 Å². The van der Waals surface area contributed by atoms with E-state index < -0.39 is 0 Å². The van der Waals surface area contributed by atoms with Crippen LogP contribution in [0.3, 0.4) is 0 Å². The zero-order valence-electron chi connectivity index (χ0n) is 9.36. The topological polar surface area (TPSA) is 55.1 Å². The minimum Gasteiger partial charge on any atom is -0.443 e. The van der Waals surface area contributed by atoms with Gasteiger partial charge >= 0.3 is 0 Å². The van der Waals surface area contributed by atoms with Crippen LogP contribution in [0.5, 0.6) is 0 Å². The quantitative estimate of drug-likeness (QED) is 0.858. The average molecular weight is 218 g/mol. The summed E-state index contributed by atoms with van der Waals surface area (Å²) in [5, 5.41) is 2.85. The van der Waals surface area contributed by atoms with E-state index in [1.165, 1.54) is 6.39 Å². The van der Waals surface area contributed by atoms with E-state index in [9.17, 15) is 4.79 Å². The van der Waals surface area contributed by atoms with Crippen molar-refractivity contribution in [2.75, 3.05) is 0 Å². The van der Waals surface area contributed by atoms with Gasteiger partial charge in [-0.05, 0) is 17.7 Å². The number of hydrogen-bond acceptors (Lipinski definition) is 3. The molecule has 0 spiro atoms. The number of carbonyl (C=O) groups is 1. The van der Waals surface area contributed by atoms with Gasteiger partial charge in [0.2, 0.25) is 5.91 Å². The summed E-state index contributed by atoms with van der Waals surface area (Å²) in [5.74, 6) is 0.0617. The monoisotopic (exact) mass is 218 g/mol. The number of benzene rings is 1. The molecule has 0 aliphatic rings. The maximum absolute atomic E-state index is 11.4. The second kappa shape index (κ2) is 4.35. The summed E-state index contributed by atoms with van der Waals surface area (Å²) >= 11 is 0. The first-order chi connectivity index (χ1) is 7.66. The van der Waals surface area contributed by atoms with E-state index in [1.807, 2.05) is 32.0 Å². The molecule has 2 aromatic rings. The van der Waals surface area contributed by atoms with Crippen molar-refractivity contribution in [3.8, 4) is 0 Å². The second-order valence-electron chi connectivity index (χ2n) is 4.03. The highest BCUT2D eigenvalue weighted by atomic mass is 16.3. The minimum absolute atomic E-state index is 0.00834. The smallest absolute Gasteiger partial charge is 0.222 e. The zero-order valence-corrected chi connectivity index (χ0v) is 9.36. The maximum atomic E-state index is 11.4. The number of aromatic nitrogens is 1. The molecule has 0 unspecified atom stereocenters. The van der Waals surface area contributed by atoms with Crippen molar-refractivity contribution in [3.63, 3.8) is 0 Å². The molecular formula is C12H14N2O2. The molecule has 0 atom stereocenters. The number of nitrogens with zero attached hydrogens (tertiary/aromatic N) is 1. The van der Waals surface area contributed by atoms with Gasteiger partial charge in [0, 0.05) is 12.5 Å². The van der Waals surface area contributed by atoms with Crippen LogP contribution in [0.2, 0.25) is 0 Å². The maximum Gasteiger partial charge on any atom is 0.222 e. The summed E-state index contributed by atoms with van der Waals surface area (Å²) in [7, 11) is 0. The Morgan fingerprint density at radius 2 is 2.31 bits per heavy atom. The molecule has 0 aliphatic carbocycles. The average Bonchev–Trinajstić information content (AvgIpc) is 2.72. The van der Waals surface area contributed by atoms with Crippen molar-refractivity contribution in [2.24, 2.45) is 5.92 Å². The normalized spacial score (nSPS) is 10.9. The highest BCUT2D eigenvalue weighted by Gasteiger charge is 2.06. The molecule has 1 amide bonds. The molecule has 84 valence electrons. The van der Waals surface area contributed by atoms with E-state index in [0.29, 0.717) is 6.54 Å². The van der Waals surface area contributed by atoms with Crippen LogP contribution in [0.15, 0.2) is 29.0 Å². The summed E-state index contributed by atoms with van der Waals surface area (Å²) in [6.07, 6.45) is 1.42. The van der Waals surface area contributed by atoms with E-state index in [0.717, 1.165) is 16.7 Å². The van der Waals surface area contributed by atoms with Gasteiger partial charge in [-0.3, -0.25) is 4.79 Å². The van der Waals surface area contributed by atoms with E-state index >= 15 is 0 Å². The Morgan fingerprint density at radius 1 is 1.50 bits per heavy atom. The number of amides is 1. The zero-order chi connectivity index (χ0) is 11.5. The number of nitrogens with one attached hydrogen (secondary N) is 1. The van der Waals surface area contributed by atoms with Crippen LogP contribution in [0.25, 0.3) is 11.1 Å². The van der Waals surface area contributed by atoms with Crippen molar-refractivity contribution in [1.29, 1.82) is 0 Å². The molecule has 0 radical (unpaired) electrons. The van der Waals surface area contributed by atoms with E-state index in [2.05, 4.69) is 10.3 Å². The molecule has 0 bridgehead atoms. The summed E-state index contributed by atoms with van der Waals surface area (Å²) in [4.78, 5) is 15.4. The van der Waals surface area contributed by atoms with Crippen molar-refractivity contribution >= 4 is 17.0 Å². The summed E-state index contributed by atoms with van der Waals surface area (Å²) in [5.41, 5.74) is 2.59. The molecule has 1 aromatic carbocycles. The van der Waals surface area contributed by atoms with E-state index in [1.54, 1.807) is 0 Å². The molecule has 2 rings (SSSR count). The first kappa shape index (κ1) is 10.7. The standard InChI is InChI=1S/C12H14N2O2/c1-8(2)12(15)13-6-9-3-4-10-11(5-9)16-7-14-10/h3-5,7-8H,6H2,1-2H3,(H,13,15). The Morgan fingerprint density at radius 3 is 3.06 bits per heavy atom. The highest BCUT2D eigenvalue weighted by molar-refractivity contribution is 5.78. The summed E-state index contributed by atoms with van der Waals surface area (Å²) < 4.78 is 5.19. The molecule has 4 nitrogen and oxygen atoms in total. The predicted octanol–water partition coefficient (Wildman–Crippen LogP) is 2.10. The Labute approximate surface area is 93.7 Å². The van der Waals surface area contributed by atoms with Crippen molar-refractivity contribution in [3.05, 3.63) is 30.2 Å². The lowest BCUT2D eigenvalue weighted by molar-refractivity contribution is -0.124. The van der Waals surface area contributed by atoms with Gasteiger partial charge < -0.3 is 9.73 Å². The molecule has 1 heterocycles. The number of rotatable bonds is 3. The fourth-order valence-corrected chi connectivity index (χ4v) is 1.40. The number of oxazole rings is 1. The van der Waals surface area contributed by atoms with Crippen molar-refractivity contribution < 1.29 is 9.21 Å². The van der Waals surface area contributed by atoms with E-state index in [-0.39, 0.29) is 11.8 Å². The van der Waals surface area contributed by atoms with Gasteiger partial charge in [-0.15, -0.1) is 0 Å². The van der Waals surface area contributed by atoms with Gasteiger partial charge in [0.05, 0.1) is 0 Å². The van der Waals surface area contributed by atoms with Gasteiger partial charge in [0.1, 0.15) is 5.52 Å². The lowest BCUT2D eigenvalue weighted by Gasteiger charge is -2.07. The third-order valence-electron chi connectivity index (χ3n) is 2.39. The lowest BCUT2D eigenvalue weighted by Crippen LogP contribution is -2.27. The molecule has 4 heteroatoms. The predicted molar refractivity (Wildman–Crippen MR) is 60.7 cm³/mol. The van der Waals surface area contributed by atoms with Crippen LogP contribution in [0.1, 0.15) is 19.4 Å². The molecule has 1 N–H and O–H groups in total. The SMILES string of the molecule is CC(C)C(=O)NCc1ccc2ncoc2c1. The molecule has 0 saturated heterocycles. The fraction of sp³-hybridized carbons (Fsp3) is 0.333. The third-order valence-corrected chi connectivity index (χ3v) is 2.39. The van der Waals surface area contributed by atoms with Gasteiger partial charge in [-0.1, -0.05) is 19.9 Å². The second-order valence-corrected chi connectivity index (χ2v) is 4.03. The lowest BCUT2D eigenvalue weighted by atomic mass is 10.2. The van der Waals surface area contributed by atoms with Crippen LogP contribution in [-0.4, -0.2) is 10.9 Å². The Bertz CT molecular complexity index is 502. The molecule has 16 heavy (non-hydrogen) atoms. The Hall–Kier alpha value is -1.84. The van der Waals surface area contributed by atoms with Gasteiger partial charge in [0.25, 0.3) is 0 Å². The van der Waals surface area contributed by atoms with Crippen LogP contribution in [0.4, 0.5) is 0 Å². The van der Waals surface area contributed by atoms with E-state index in [4.69, 9.17) is 4.42 Å². The summed E-state index contributed by atoms with van der Waals surface area (Å²) in [6.45, 7) is 4.26. The molecule has 0 fully saturated rings. The van der Waals surface area contributed by atoms with Crippen LogP contribution in [0, 0.1) is 5.92 Å². The number of hydrogen-bond donors (Lipinski definition) is 1. The Balaban J connectivity index is 2.06. The van der Waals surface area contributed by atoms with Gasteiger partial charge in [-0.25, -0.2) is 4.98 Å². The fourth-order valence-electron chi connectivity index (χ4n) is 1.40. The minimum atomic E-state index is 0.00834. The summed E-state index contributed by atoms with van der Waals surface area (Å²) in [6, 6.07) is 5.71. The largest absolute Gasteiger partial charge is 0.443 e. The number of fused-ring (bicyclic) bond motifs is 1. The van der Waals surface area contributed by atoms with Crippen molar-refractivity contribution in [1.82, 2.24) is 10.3 Å². The van der Waals surface area contributed by atoms with Gasteiger partial charge in [0.15, 0.2) is 12.0 Å². The van der Waals surface area contributed by atoms with Crippen LogP contribution in [-0.2, 0) is 11.3 Å². The third kappa shape index (κ3) is 2.21. The molecule has 1 aromatic heterocycles. The van der Waals surface area contributed by atoms with Gasteiger partial charge in [-0.2, -0.15) is 0 Å². The number of carbonyl (C=O) groups excluding carboxylic acids is 1. The van der Waals surface area contributed by atoms with Crippen LogP contribution < -0.4 is 5.32 Å². The molecule has 0 aliphatic heterocycles. The first-order valence-electron chi connectivity index (χ1n) is 5.26. The van der Waals surface area contributed by atoms with Crippen molar-refractivity contribution in [2.45, 2.75) is 20.4 Å². The first-order valence-corrected chi connectivity index (χ1v) is 5.26. The molecular weight excluding hydrogens is 204 g/mol. The molecule has 0 saturated carbocycles. The Kier molecular flexibility index (Phi) is 2.90. The highest BCUT2D eigenvalue weighted by Crippen LogP contribution is 2.14.